The SMILES string of the molecule is CCOC(CCNC(=NC)NCC(C)(C)N1CC(C)OC(C)C1)C(C)C. The number of ether oxygens (including phenoxy) is 2. The Kier molecular flexibility index (Phi) is 9.90. The van der Waals surface area contributed by atoms with Crippen LogP contribution in [0.3, 0.4) is 0 Å². The third-order valence-corrected chi connectivity index (χ3v) is 5.03. The van der Waals surface area contributed by atoms with Gasteiger partial charge in [0.2, 0.25) is 0 Å². The van der Waals surface area contributed by atoms with E-state index in [0.29, 0.717) is 12.0 Å². The van der Waals surface area contributed by atoms with Gasteiger partial charge in [-0.05, 0) is 47.0 Å². The third kappa shape index (κ3) is 7.80. The summed E-state index contributed by atoms with van der Waals surface area (Å²) in [6, 6.07) is 0. The molecule has 1 aliphatic rings. The minimum Gasteiger partial charge on any atom is -0.378 e. The molecule has 0 aliphatic carbocycles. The molecule has 3 atom stereocenters. The molecular formula is C20H42N4O2. The summed E-state index contributed by atoms with van der Waals surface area (Å²) in [5.41, 5.74) is 0.0374. The number of nitrogens with one attached hydrogen (secondary N) is 2. The van der Waals surface area contributed by atoms with Gasteiger partial charge < -0.3 is 20.1 Å². The molecule has 3 unspecified atom stereocenters. The van der Waals surface area contributed by atoms with E-state index in [4.69, 9.17) is 9.47 Å². The maximum atomic E-state index is 5.86. The molecule has 0 saturated carbocycles. The predicted octanol–water partition coefficient (Wildman–Crippen LogP) is 2.49. The quantitative estimate of drug-likeness (QED) is 0.482. The lowest BCUT2D eigenvalue weighted by Crippen LogP contribution is -2.59. The van der Waals surface area contributed by atoms with Crippen molar-refractivity contribution in [3.8, 4) is 0 Å². The molecule has 154 valence electrons. The molecule has 1 heterocycles. The molecule has 0 bridgehead atoms. The van der Waals surface area contributed by atoms with E-state index in [1.165, 1.54) is 0 Å². The monoisotopic (exact) mass is 370 g/mol. The summed E-state index contributed by atoms with van der Waals surface area (Å²) in [5.74, 6) is 1.38. The van der Waals surface area contributed by atoms with Gasteiger partial charge in [0.25, 0.3) is 0 Å². The first-order valence-electron chi connectivity index (χ1n) is 10.2. The highest BCUT2D eigenvalue weighted by atomic mass is 16.5. The normalized spacial score (nSPS) is 24.0. The largest absolute Gasteiger partial charge is 0.378 e. The van der Waals surface area contributed by atoms with E-state index in [-0.39, 0.29) is 17.7 Å². The molecule has 26 heavy (non-hydrogen) atoms. The van der Waals surface area contributed by atoms with Gasteiger partial charge in [0, 0.05) is 45.4 Å². The Hall–Kier alpha value is -0.850. The van der Waals surface area contributed by atoms with Crippen LogP contribution in [0.5, 0.6) is 0 Å². The van der Waals surface area contributed by atoms with E-state index in [0.717, 1.165) is 45.2 Å². The smallest absolute Gasteiger partial charge is 0.191 e. The molecule has 6 heteroatoms. The Balaban J connectivity index is 2.45. The first kappa shape index (κ1) is 23.2. The van der Waals surface area contributed by atoms with Crippen molar-refractivity contribution in [2.75, 3.05) is 39.8 Å². The number of hydrogen-bond acceptors (Lipinski definition) is 4. The summed E-state index contributed by atoms with van der Waals surface area (Å²) in [7, 11) is 1.82. The summed E-state index contributed by atoms with van der Waals surface area (Å²) in [6.45, 7) is 19.7. The third-order valence-electron chi connectivity index (χ3n) is 5.03. The van der Waals surface area contributed by atoms with E-state index in [9.17, 15) is 0 Å². The van der Waals surface area contributed by atoms with Crippen LogP contribution in [0.4, 0.5) is 0 Å². The van der Waals surface area contributed by atoms with Crippen molar-refractivity contribution in [2.45, 2.75) is 78.7 Å². The number of guanidine groups is 1. The Morgan fingerprint density at radius 1 is 1.23 bits per heavy atom. The van der Waals surface area contributed by atoms with Crippen LogP contribution in [-0.4, -0.2) is 74.5 Å². The van der Waals surface area contributed by atoms with Crippen LogP contribution in [0.25, 0.3) is 0 Å². The van der Waals surface area contributed by atoms with Gasteiger partial charge in [-0.3, -0.25) is 9.89 Å². The van der Waals surface area contributed by atoms with Crippen molar-refractivity contribution in [1.29, 1.82) is 0 Å². The summed E-state index contributed by atoms with van der Waals surface area (Å²) in [6.07, 6.45) is 1.83. The molecule has 0 radical (unpaired) electrons. The van der Waals surface area contributed by atoms with Crippen LogP contribution in [0.15, 0.2) is 4.99 Å². The summed E-state index contributed by atoms with van der Waals surface area (Å²) in [5, 5.41) is 6.91. The van der Waals surface area contributed by atoms with Crippen LogP contribution < -0.4 is 10.6 Å². The van der Waals surface area contributed by atoms with E-state index >= 15 is 0 Å². The zero-order valence-electron chi connectivity index (χ0n) is 18.3. The summed E-state index contributed by atoms with van der Waals surface area (Å²) >= 11 is 0. The zero-order chi connectivity index (χ0) is 19.7. The molecule has 1 aliphatic heterocycles. The number of aliphatic imine (C=N–C) groups is 1. The topological polar surface area (TPSA) is 58.1 Å². The van der Waals surface area contributed by atoms with Crippen molar-refractivity contribution in [1.82, 2.24) is 15.5 Å². The highest BCUT2D eigenvalue weighted by Gasteiger charge is 2.33. The molecule has 0 aromatic rings. The molecule has 1 fully saturated rings. The highest BCUT2D eigenvalue weighted by molar-refractivity contribution is 5.79. The average Bonchev–Trinajstić information content (AvgIpc) is 2.55. The zero-order valence-corrected chi connectivity index (χ0v) is 18.3. The first-order chi connectivity index (χ1) is 12.2. The molecule has 0 aromatic carbocycles. The van der Waals surface area contributed by atoms with Crippen molar-refractivity contribution in [3.05, 3.63) is 0 Å². The fourth-order valence-corrected chi connectivity index (χ4v) is 3.46. The molecule has 1 rings (SSSR count). The molecule has 2 N–H and O–H groups in total. The van der Waals surface area contributed by atoms with Crippen molar-refractivity contribution < 1.29 is 9.47 Å². The fraction of sp³-hybridized carbons (Fsp3) is 0.950. The van der Waals surface area contributed by atoms with Gasteiger partial charge in [-0.1, -0.05) is 13.8 Å². The summed E-state index contributed by atoms with van der Waals surface area (Å²) in [4.78, 5) is 6.87. The number of nitrogens with zero attached hydrogens (tertiary/aromatic N) is 2. The lowest BCUT2D eigenvalue weighted by molar-refractivity contribution is -0.0946. The van der Waals surface area contributed by atoms with Crippen LogP contribution in [0.1, 0.15) is 54.9 Å². The van der Waals surface area contributed by atoms with Crippen LogP contribution >= 0.6 is 0 Å². The Morgan fingerprint density at radius 2 is 1.85 bits per heavy atom. The van der Waals surface area contributed by atoms with E-state index < -0.39 is 0 Å². The minimum absolute atomic E-state index is 0.0374. The number of morpholine rings is 1. The van der Waals surface area contributed by atoms with Gasteiger partial charge in [-0.2, -0.15) is 0 Å². The van der Waals surface area contributed by atoms with Gasteiger partial charge in [0.05, 0.1) is 18.3 Å². The predicted molar refractivity (Wildman–Crippen MR) is 110 cm³/mol. The Bertz CT molecular complexity index is 416. The molecule has 0 amide bonds. The van der Waals surface area contributed by atoms with Crippen molar-refractivity contribution in [2.24, 2.45) is 10.9 Å². The molecule has 0 aromatic heterocycles. The standard InChI is InChI=1S/C20H42N4O2/c1-9-25-18(15(2)3)10-11-22-19(21-8)23-14-20(6,7)24-12-16(4)26-17(5)13-24/h15-18H,9-14H2,1-8H3,(H2,21,22,23). The van der Waals surface area contributed by atoms with E-state index in [2.05, 4.69) is 69.0 Å². The van der Waals surface area contributed by atoms with Gasteiger partial charge >= 0.3 is 0 Å². The Morgan fingerprint density at radius 3 is 2.35 bits per heavy atom. The fourth-order valence-electron chi connectivity index (χ4n) is 3.46. The van der Waals surface area contributed by atoms with Gasteiger partial charge in [-0.25, -0.2) is 0 Å². The lowest BCUT2D eigenvalue weighted by atomic mass is 10.00. The van der Waals surface area contributed by atoms with Crippen molar-refractivity contribution >= 4 is 5.96 Å². The van der Waals surface area contributed by atoms with Crippen LogP contribution in [0, 0.1) is 5.92 Å². The maximum absolute atomic E-state index is 5.86. The molecule has 6 nitrogen and oxygen atoms in total. The second-order valence-corrected chi connectivity index (χ2v) is 8.35. The second-order valence-electron chi connectivity index (χ2n) is 8.35. The molecular weight excluding hydrogens is 328 g/mol. The van der Waals surface area contributed by atoms with Crippen LogP contribution in [0.2, 0.25) is 0 Å². The van der Waals surface area contributed by atoms with Crippen molar-refractivity contribution in [3.63, 3.8) is 0 Å². The maximum Gasteiger partial charge on any atom is 0.191 e. The second kappa shape index (κ2) is 11.1. The van der Waals surface area contributed by atoms with Crippen LogP contribution in [-0.2, 0) is 9.47 Å². The summed E-state index contributed by atoms with van der Waals surface area (Å²) < 4.78 is 11.7. The van der Waals surface area contributed by atoms with Gasteiger partial charge in [-0.15, -0.1) is 0 Å². The van der Waals surface area contributed by atoms with E-state index in [1.54, 1.807) is 0 Å². The van der Waals surface area contributed by atoms with Gasteiger partial charge in [0.1, 0.15) is 0 Å². The Labute approximate surface area is 161 Å². The highest BCUT2D eigenvalue weighted by Crippen LogP contribution is 2.20. The minimum atomic E-state index is 0.0374. The number of hydrogen-bond donors (Lipinski definition) is 2. The average molecular weight is 371 g/mol. The molecule has 0 spiro atoms. The lowest BCUT2D eigenvalue weighted by Gasteiger charge is -2.45. The number of rotatable bonds is 9. The van der Waals surface area contributed by atoms with Gasteiger partial charge in [0.15, 0.2) is 5.96 Å². The van der Waals surface area contributed by atoms with E-state index in [1.807, 2.05) is 7.05 Å². The first-order valence-corrected chi connectivity index (χ1v) is 10.2. The molecule has 1 saturated heterocycles.